The van der Waals surface area contributed by atoms with Crippen LogP contribution in [0.25, 0.3) is 16.5 Å². The molecule has 26 heavy (non-hydrogen) atoms. The first-order valence-corrected chi connectivity index (χ1v) is 10.1. The molecular weight excluding hydrogens is 473 g/mol. The third-order valence-electron chi connectivity index (χ3n) is 3.63. The summed E-state index contributed by atoms with van der Waals surface area (Å²) >= 11 is 5.69. The summed E-state index contributed by atoms with van der Waals surface area (Å²) in [5.41, 5.74) is 1.92. The SMILES string of the molecule is Fc1ccc(Nc2nc(C3=CI=NC=C3)nc3cc(Cl)ccc23)cc1F. The van der Waals surface area contributed by atoms with Crippen LogP contribution < -0.4 is 5.32 Å². The Kier molecular flexibility index (Phi) is 4.73. The van der Waals surface area contributed by atoms with Crippen LogP contribution in [0.3, 0.4) is 0 Å². The number of nitrogens with one attached hydrogen (secondary N) is 1. The van der Waals surface area contributed by atoms with Crippen LogP contribution in [0.5, 0.6) is 0 Å². The number of benzene rings is 2. The molecule has 2 aromatic carbocycles. The van der Waals surface area contributed by atoms with E-state index in [2.05, 4.69) is 18.4 Å². The van der Waals surface area contributed by atoms with E-state index in [0.29, 0.717) is 27.9 Å². The molecule has 1 aliphatic heterocycles. The van der Waals surface area contributed by atoms with Gasteiger partial charge < -0.3 is 5.32 Å². The zero-order valence-electron chi connectivity index (χ0n) is 13.0. The van der Waals surface area contributed by atoms with Crippen molar-refractivity contribution in [1.82, 2.24) is 9.97 Å². The van der Waals surface area contributed by atoms with Gasteiger partial charge in [0.1, 0.15) is 5.82 Å². The third-order valence-corrected chi connectivity index (χ3v) is 5.46. The molecule has 8 heteroatoms. The molecule has 0 bridgehead atoms. The van der Waals surface area contributed by atoms with Crippen molar-refractivity contribution in [2.45, 2.75) is 0 Å². The number of halogens is 4. The van der Waals surface area contributed by atoms with E-state index in [1.54, 1.807) is 24.4 Å². The third kappa shape index (κ3) is 3.49. The standard InChI is InChI=1S/C18H10ClF2IN4/c19-11-1-3-13-16(7-11)25-17(10-5-6-23-22-9-10)26-18(13)24-12-2-4-14(20)15(21)8-12/h1-9H,(H,24,25,26). The fourth-order valence-electron chi connectivity index (χ4n) is 2.42. The topological polar surface area (TPSA) is 50.2 Å². The van der Waals surface area contributed by atoms with Gasteiger partial charge in [0.2, 0.25) is 0 Å². The average molecular weight is 483 g/mol. The number of rotatable bonds is 3. The van der Waals surface area contributed by atoms with Gasteiger partial charge in [-0.2, -0.15) is 0 Å². The van der Waals surface area contributed by atoms with Crippen LogP contribution in [-0.4, -0.2) is 9.97 Å². The Hall–Kier alpha value is -2.26. The van der Waals surface area contributed by atoms with Gasteiger partial charge in [-0.05, 0) is 36.4 Å². The Morgan fingerprint density at radius 2 is 1.88 bits per heavy atom. The first-order valence-electron chi connectivity index (χ1n) is 7.49. The molecule has 0 spiro atoms. The molecule has 1 aliphatic rings. The van der Waals surface area contributed by atoms with Gasteiger partial charge in [0.15, 0.2) is 17.5 Å². The van der Waals surface area contributed by atoms with Gasteiger partial charge in [-0.1, -0.05) is 11.6 Å². The second kappa shape index (κ2) is 7.16. The van der Waals surface area contributed by atoms with E-state index in [1.165, 1.54) is 6.07 Å². The summed E-state index contributed by atoms with van der Waals surface area (Å²) in [5, 5.41) is 4.32. The fourth-order valence-corrected chi connectivity index (χ4v) is 3.88. The van der Waals surface area contributed by atoms with E-state index < -0.39 is 32.7 Å². The van der Waals surface area contributed by atoms with Crippen molar-refractivity contribution in [3.05, 3.63) is 75.2 Å². The van der Waals surface area contributed by atoms with Crippen molar-refractivity contribution in [2.24, 2.45) is 3.15 Å². The normalized spacial score (nSPS) is 13.4. The molecule has 1 N–H and O–H groups in total. The Balaban J connectivity index is 1.86. The van der Waals surface area contributed by atoms with E-state index in [4.69, 9.17) is 11.6 Å². The molecule has 3 aromatic rings. The van der Waals surface area contributed by atoms with Gasteiger partial charge in [-0.3, -0.25) is 0 Å². The lowest BCUT2D eigenvalue weighted by atomic mass is 10.2. The monoisotopic (exact) mass is 482 g/mol. The largest absolute Gasteiger partial charge is 0.340 e. The summed E-state index contributed by atoms with van der Waals surface area (Å²) in [7, 11) is 0. The van der Waals surface area contributed by atoms with Gasteiger partial charge in [0.25, 0.3) is 0 Å². The lowest BCUT2D eigenvalue weighted by molar-refractivity contribution is 0.509. The minimum atomic E-state index is -0.930. The Morgan fingerprint density at radius 3 is 2.65 bits per heavy atom. The summed E-state index contributed by atoms with van der Waals surface area (Å²) in [6.07, 6.45) is 3.59. The highest BCUT2D eigenvalue weighted by Gasteiger charge is 2.12. The Morgan fingerprint density at radius 1 is 1.00 bits per heavy atom. The van der Waals surface area contributed by atoms with Crippen molar-refractivity contribution in [3.63, 3.8) is 0 Å². The number of hydrogen-bond donors (Lipinski definition) is 1. The average Bonchev–Trinajstić information content (AvgIpc) is 2.65. The predicted octanol–water partition coefficient (Wildman–Crippen LogP) is 6.33. The van der Waals surface area contributed by atoms with E-state index in [9.17, 15) is 8.78 Å². The number of hydrogen-bond acceptors (Lipinski definition) is 4. The summed E-state index contributed by atoms with van der Waals surface area (Å²) in [6, 6.07) is 8.86. The highest BCUT2D eigenvalue weighted by atomic mass is 127. The Labute approximate surface area is 162 Å². The van der Waals surface area contributed by atoms with Gasteiger partial charge in [-0.15, -0.1) is 0 Å². The number of anilines is 2. The van der Waals surface area contributed by atoms with Crippen LogP contribution in [0.2, 0.25) is 5.02 Å². The second-order valence-electron chi connectivity index (χ2n) is 5.39. The van der Waals surface area contributed by atoms with Crippen LogP contribution in [0.1, 0.15) is 5.82 Å². The van der Waals surface area contributed by atoms with Crippen LogP contribution in [0.4, 0.5) is 20.3 Å². The van der Waals surface area contributed by atoms with Crippen LogP contribution >= 0.6 is 32.6 Å². The van der Waals surface area contributed by atoms with Crippen molar-refractivity contribution >= 4 is 60.6 Å². The molecule has 2 heterocycles. The molecule has 4 nitrogen and oxygen atoms in total. The zero-order valence-corrected chi connectivity index (χ0v) is 16.0. The molecule has 0 amide bonds. The van der Waals surface area contributed by atoms with Gasteiger partial charge in [0, 0.05) is 59.1 Å². The molecule has 0 fully saturated rings. The number of aromatic nitrogens is 2. The molecule has 0 saturated carbocycles. The van der Waals surface area contributed by atoms with Crippen LogP contribution in [-0.2, 0) is 0 Å². The lowest BCUT2D eigenvalue weighted by Gasteiger charge is -2.12. The molecular formula is C18H10ClF2IN4. The van der Waals surface area contributed by atoms with Crippen molar-refractivity contribution in [1.29, 1.82) is 0 Å². The Bertz CT molecular complexity index is 1110. The fraction of sp³-hybridized carbons (Fsp3) is 0. The molecule has 0 unspecified atom stereocenters. The van der Waals surface area contributed by atoms with E-state index in [1.807, 2.05) is 10.2 Å². The van der Waals surface area contributed by atoms with E-state index >= 15 is 0 Å². The van der Waals surface area contributed by atoms with Crippen LogP contribution in [0.15, 0.2) is 55.9 Å². The van der Waals surface area contributed by atoms with E-state index in [0.717, 1.165) is 23.1 Å². The summed E-state index contributed by atoms with van der Waals surface area (Å²) in [4.78, 5) is 9.16. The summed E-state index contributed by atoms with van der Waals surface area (Å²) in [6.45, 7) is 0. The molecule has 4 rings (SSSR count). The van der Waals surface area contributed by atoms with Gasteiger partial charge in [0.05, 0.1) is 5.52 Å². The van der Waals surface area contributed by atoms with Crippen molar-refractivity contribution < 1.29 is 8.78 Å². The minimum absolute atomic E-state index is 0.389. The first kappa shape index (κ1) is 17.2. The van der Waals surface area contributed by atoms with Crippen molar-refractivity contribution in [2.75, 3.05) is 5.32 Å². The highest BCUT2D eigenvalue weighted by Crippen LogP contribution is 2.30. The predicted molar refractivity (Wildman–Crippen MR) is 108 cm³/mol. The molecule has 0 saturated heterocycles. The van der Waals surface area contributed by atoms with Gasteiger partial charge >= 0.3 is 0 Å². The number of nitrogens with zero attached hydrogens (tertiary/aromatic N) is 3. The number of allylic oxidation sites excluding steroid dienone is 2. The second-order valence-corrected chi connectivity index (χ2v) is 7.56. The number of fused-ring (bicyclic) bond motifs is 1. The van der Waals surface area contributed by atoms with Crippen molar-refractivity contribution in [3.8, 4) is 0 Å². The summed E-state index contributed by atoms with van der Waals surface area (Å²) in [5.74, 6) is -0.819. The maximum atomic E-state index is 13.5. The van der Waals surface area contributed by atoms with Gasteiger partial charge in [-0.25, -0.2) is 21.9 Å². The quantitative estimate of drug-likeness (QED) is 0.444. The van der Waals surface area contributed by atoms with Crippen LogP contribution in [0, 0.1) is 11.6 Å². The maximum absolute atomic E-state index is 13.5. The molecule has 0 aliphatic carbocycles. The molecule has 130 valence electrons. The molecule has 1 aromatic heterocycles. The molecule has 0 atom stereocenters. The zero-order chi connectivity index (χ0) is 18.1. The first-order chi connectivity index (χ1) is 12.6. The lowest BCUT2D eigenvalue weighted by Crippen LogP contribution is -2.02. The highest BCUT2D eigenvalue weighted by molar-refractivity contribution is 14.2. The maximum Gasteiger partial charge on any atom is 0.162 e. The summed E-state index contributed by atoms with van der Waals surface area (Å²) < 4.78 is 32.9. The minimum Gasteiger partial charge on any atom is -0.340 e. The van der Waals surface area contributed by atoms with E-state index in [-0.39, 0.29) is 0 Å². The smallest absolute Gasteiger partial charge is 0.162 e. The molecule has 0 radical (unpaired) electrons.